The minimum absolute atomic E-state index is 0.152. The van der Waals surface area contributed by atoms with E-state index in [0.29, 0.717) is 12.5 Å². The van der Waals surface area contributed by atoms with Gasteiger partial charge < -0.3 is 10.1 Å². The van der Waals surface area contributed by atoms with Crippen molar-refractivity contribution in [3.63, 3.8) is 0 Å². The van der Waals surface area contributed by atoms with Crippen LogP contribution in [0.25, 0.3) is 0 Å². The fourth-order valence-corrected chi connectivity index (χ4v) is 5.16. The fourth-order valence-electron chi connectivity index (χ4n) is 5.16. The van der Waals surface area contributed by atoms with Gasteiger partial charge in [0, 0.05) is 50.4 Å². The number of nitrogens with zero attached hydrogens (tertiary/aromatic N) is 2. The average molecular weight is 406 g/mol. The van der Waals surface area contributed by atoms with E-state index >= 15 is 0 Å². The quantitative estimate of drug-likeness (QED) is 0.816. The van der Waals surface area contributed by atoms with Crippen LogP contribution in [0.15, 0.2) is 48.8 Å². The van der Waals surface area contributed by atoms with Crippen LogP contribution in [0, 0.1) is 0 Å². The lowest BCUT2D eigenvalue weighted by atomic mass is 9.76. The highest BCUT2D eigenvalue weighted by Crippen LogP contribution is 2.46. The van der Waals surface area contributed by atoms with Crippen molar-refractivity contribution in [2.45, 2.75) is 69.1 Å². The van der Waals surface area contributed by atoms with Crippen LogP contribution in [0.5, 0.6) is 5.75 Å². The summed E-state index contributed by atoms with van der Waals surface area (Å²) in [7, 11) is 0. The summed E-state index contributed by atoms with van der Waals surface area (Å²) in [5.74, 6) is 1.41. The molecule has 0 radical (unpaired) electrons. The molecule has 1 unspecified atom stereocenters. The van der Waals surface area contributed by atoms with E-state index in [1.54, 1.807) is 0 Å². The topological polar surface area (TPSA) is 54.5 Å². The van der Waals surface area contributed by atoms with Gasteiger partial charge in [-0.05, 0) is 61.8 Å². The Kier molecular flexibility index (Phi) is 5.47. The number of nitrogens with one attached hydrogen (secondary N) is 1. The Morgan fingerprint density at radius 2 is 2.00 bits per heavy atom. The summed E-state index contributed by atoms with van der Waals surface area (Å²) in [6, 6.07) is 12.9. The molecule has 5 rings (SSSR count). The standard InChI is InChI=1S/C25H31N3O2/c29-24(27-21-6-3-7-21)15-20-16-25(30-23-9-2-1-8-22(20)23)10-13-28(14-11-25)18-19-5-4-12-26-17-19/h1-2,4-5,8-9,12,17,20-21H,3,6-7,10-11,13-16,18H2,(H,27,29). The molecule has 2 fully saturated rings. The highest BCUT2D eigenvalue weighted by Gasteiger charge is 2.43. The van der Waals surface area contributed by atoms with Crippen LogP contribution < -0.4 is 10.1 Å². The molecule has 1 N–H and O–H groups in total. The number of piperidine rings is 1. The number of hydrogen-bond acceptors (Lipinski definition) is 4. The van der Waals surface area contributed by atoms with Crippen molar-refractivity contribution >= 4 is 5.91 Å². The average Bonchev–Trinajstić information content (AvgIpc) is 2.73. The molecule has 5 nitrogen and oxygen atoms in total. The summed E-state index contributed by atoms with van der Waals surface area (Å²) >= 11 is 0. The van der Waals surface area contributed by atoms with Crippen molar-refractivity contribution in [2.75, 3.05) is 13.1 Å². The fraction of sp³-hybridized carbons (Fsp3) is 0.520. The van der Waals surface area contributed by atoms with Gasteiger partial charge in [0.25, 0.3) is 0 Å². The van der Waals surface area contributed by atoms with Gasteiger partial charge in [-0.2, -0.15) is 0 Å². The molecule has 2 aliphatic heterocycles. The van der Waals surface area contributed by atoms with E-state index in [9.17, 15) is 4.79 Å². The van der Waals surface area contributed by atoms with Crippen LogP contribution in [-0.2, 0) is 11.3 Å². The lowest BCUT2D eigenvalue weighted by Gasteiger charge is -2.47. The number of benzene rings is 1. The SMILES string of the molecule is O=C(CC1CC2(CCN(Cc3cccnc3)CC2)Oc2ccccc21)NC1CCC1. The predicted molar refractivity (Wildman–Crippen MR) is 116 cm³/mol. The van der Waals surface area contributed by atoms with Crippen LogP contribution in [0.4, 0.5) is 0 Å². The van der Waals surface area contributed by atoms with Crippen molar-refractivity contribution in [3.05, 3.63) is 59.9 Å². The van der Waals surface area contributed by atoms with Crippen molar-refractivity contribution < 1.29 is 9.53 Å². The number of hydrogen-bond donors (Lipinski definition) is 1. The number of carbonyl (C=O) groups excluding carboxylic acids is 1. The van der Waals surface area contributed by atoms with Gasteiger partial charge in [-0.15, -0.1) is 0 Å². The second-order valence-electron chi connectivity index (χ2n) is 9.26. The molecule has 1 saturated carbocycles. The summed E-state index contributed by atoms with van der Waals surface area (Å²) in [5.41, 5.74) is 2.31. The maximum absolute atomic E-state index is 12.7. The molecule has 1 amide bonds. The number of amides is 1. The van der Waals surface area contributed by atoms with Crippen LogP contribution in [0.1, 0.15) is 62.0 Å². The monoisotopic (exact) mass is 405 g/mol. The van der Waals surface area contributed by atoms with Gasteiger partial charge >= 0.3 is 0 Å². The van der Waals surface area contributed by atoms with E-state index < -0.39 is 0 Å². The third-order valence-electron chi connectivity index (χ3n) is 7.10. The summed E-state index contributed by atoms with van der Waals surface area (Å²) < 4.78 is 6.61. The van der Waals surface area contributed by atoms with Gasteiger partial charge in [-0.25, -0.2) is 0 Å². The maximum Gasteiger partial charge on any atom is 0.220 e. The normalized spacial score (nSPS) is 23.3. The summed E-state index contributed by atoms with van der Waals surface area (Å²) in [4.78, 5) is 19.4. The Morgan fingerprint density at radius 1 is 1.17 bits per heavy atom. The highest BCUT2D eigenvalue weighted by atomic mass is 16.5. The molecular weight excluding hydrogens is 374 g/mol. The molecule has 1 spiro atoms. The molecule has 3 aliphatic rings. The van der Waals surface area contributed by atoms with Crippen LogP contribution in [0.2, 0.25) is 0 Å². The van der Waals surface area contributed by atoms with E-state index in [0.717, 1.165) is 57.5 Å². The van der Waals surface area contributed by atoms with Crippen LogP contribution >= 0.6 is 0 Å². The zero-order valence-electron chi connectivity index (χ0n) is 17.6. The second kappa shape index (κ2) is 8.38. The Bertz CT molecular complexity index is 873. The van der Waals surface area contributed by atoms with Gasteiger partial charge in [0.15, 0.2) is 0 Å². The number of carbonyl (C=O) groups is 1. The summed E-state index contributed by atoms with van der Waals surface area (Å²) in [5, 5.41) is 3.23. The first-order valence-corrected chi connectivity index (χ1v) is 11.4. The van der Waals surface area contributed by atoms with Gasteiger partial charge in [-0.3, -0.25) is 14.7 Å². The zero-order chi connectivity index (χ0) is 20.4. The lowest BCUT2D eigenvalue weighted by Crippen LogP contribution is -2.50. The van der Waals surface area contributed by atoms with E-state index in [2.05, 4.69) is 39.5 Å². The summed E-state index contributed by atoms with van der Waals surface area (Å²) in [6.45, 7) is 2.96. The second-order valence-corrected chi connectivity index (χ2v) is 9.26. The van der Waals surface area contributed by atoms with Crippen LogP contribution in [-0.4, -0.2) is 40.5 Å². The molecule has 3 heterocycles. The van der Waals surface area contributed by atoms with Crippen LogP contribution in [0.3, 0.4) is 0 Å². The van der Waals surface area contributed by atoms with Crippen molar-refractivity contribution in [2.24, 2.45) is 0 Å². The Morgan fingerprint density at radius 3 is 2.73 bits per heavy atom. The Hall–Kier alpha value is -2.40. The van der Waals surface area contributed by atoms with E-state index in [1.807, 2.05) is 24.5 Å². The maximum atomic E-state index is 12.7. The van der Waals surface area contributed by atoms with Gasteiger partial charge in [-0.1, -0.05) is 24.3 Å². The molecule has 1 aromatic carbocycles. The van der Waals surface area contributed by atoms with Crippen molar-refractivity contribution in [1.82, 2.24) is 15.2 Å². The minimum atomic E-state index is -0.152. The third-order valence-corrected chi connectivity index (χ3v) is 7.10. The molecule has 5 heteroatoms. The number of aromatic nitrogens is 1. The first-order chi connectivity index (χ1) is 14.7. The smallest absolute Gasteiger partial charge is 0.220 e. The molecule has 0 bridgehead atoms. The molecule has 158 valence electrons. The molecule has 1 atom stereocenters. The van der Waals surface area contributed by atoms with E-state index in [4.69, 9.17) is 4.74 Å². The van der Waals surface area contributed by atoms with Crippen molar-refractivity contribution in [1.29, 1.82) is 0 Å². The van der Waals surface area contributed by atoms with E-state index in [-0.39, 0.29) is 17.4 Å². The summed E-state index contributed by atoms with van der Waals surface area (Å²) in [6.07, 6.45) is 10.8. The molecule has 1 saturated heterocycles. The first kappa shape index (κ1) is 19.6. The molecule has 30 heavy (non-hydrogen) atoms. The highest BCUT2D eigenvalue weighted by molar-refractivity contribution is 5.77. The number of rotatable bonds is 5. The number of ether oxygens (including phenoxy) is 1. The third kappa shape index (κ3) is 4.22. The van der Waals surface area contributed by atoms with Gasteiger partial charge in [0.2, 0.25) is 5.91 Å². The zero-order valence-corrected chi connectivity index (χ0v) is 17.6. The number of fused-ring (bicyclic) bond motifs is 1. The first-order valence-electron chi connectivity index (χ1n) is 11.4. The van der Waals surface area contributed by atoms with Gasteiger partial charge in [0.1, 0.15) is 11.4 Å². The molecule has 1 aliphatic carbocycles. The largest absolute Gasteiger partial charge is 0.487 e. The molecule has 2 aromatic rings. The van der Waals surface area contributed by atoms with Crippen molar-refractivity contribution in [3.8, 4) is 5.75 Å². The number of likely N-dealkylation sites (tertiary alicyclic amines) is 1. The molecular formula is C25H31N3O2. The lowest BCUT2D eigenvalue weighted by molar-refractivity contribution is -0.123. The number of pyridine rings is 1. The predicted octanol–water partition coefficient (Wildman–Crippen LogP) is 4.04. The molecule has 1 aromatic heterocycles. The minimum Gasteiger partial charge on any atom is -0.487 e. The Balaban J connectivity index is 1.26. The number of para-hydroxylation sites is 1. The van der Waals surface area contributed by atoms with Gasteiger partial charge in [0.05, 0.1) is 0 Å². The van der Waals surface area contributed by atoms with E-state index in [1.165, 1.54) is 17.5 Å². The Labute approximate surface area is 178 Å².